The van der Waals surface area contributed by atoms with E-state index in [0.717, 1.165) is 28.6 Å². The maximum Gasteiger partial charge on any atom is 0.121 e. The van der Waals surface area contributed by atoms with Crippen molar-refractivity contribution < 1.29 is 0 Å². The van der Waals surface area contributed by atoms with E-state index in [9.17, 15) is 0 Å². The van der Waals surface area contributed by atoms with E-state index in [1.165, 1.54) is 0 Å². The summed E-state index contributed by atoms with van der Waals surface area (Å²) >= 11 is 6.98. The lowest BCUT2D eigenvalue weighted by Gasteiger charge is -2.01. The van der Waals surface area contributed by atoms with Crippen LogP contribution < -0.4 is 5.73 Å². The maximum atomic E-state index is 5.99. The quantitative estimate of drug-likeness (QED) is 0.141. The molecular formula is C22H27Br2N3. The minimum absolute atomic E-state index is 0.299. The van der Waals surface area contributed by atoms with Gasteiger partial charge in [0.15, 0.2) is 0 Å². The van der Waals surface area contributed by atoms with Crippen LogP contribution in [0.4, 0.5) is 0 Å². The first kappa shape index (κ1) is 23.3. The second-order valence-electron chi connectivity index (χ2n) is 5.87. The average molecular weight is 493 g/mol. The molecule has 0 saturated carbocycles. The number of benzene rings is 1. The van der Waals surface area contributed by atoms with Crippen LogP contribution in [0.1, 0.15) is 25.8 Å². The van der Waals surface area contributed by atoms with Gasteiger partial charge in [0, 0.05) is 22.1 Å². The summed E-state index contributed by atoms with van der Waals surface area (Å²) in [7, 11) is 0. The Morgan fingerprint density at radius 3 is 2.59 bits per heavy atom. The molecule has 1 unspecified atom stereocenters. The Morgan fingerprint density at radius 2 is 1.89 bits per heavy atom. The molecule has 0 aliphatic rings. The van der Waals surface area contributed by atoms with E-state index in [2.05, 4.69) is 54.8 Å². The molecule has 0 heterocycles. The smallest absolute Gasteiger partial charge is 0.121 e. The second-order valence-corrected chi connectivity index (χ2v) is 8.23. The van der Waals surface area contributed by atoms with Gasteiger partial charge in [-0.2, -0.15) is 0 Å². The Hall–Kier alpha value is -1.72. The number of allylic oxidation sites excluding steroid dienone is 5. The number of aliphatic imine (C=N–C) groups is 2. The summed E-state index contributed by atoms with van der Waals surface area (Å²) in [6, 6.07) is 10.1. The van der Waals surface area contributed by atoms with Crippen molar-refractivity contribution in [2.45, 2.75) is 25.1 Å². The van der Waals surface area contributed by atoms with Gasteiger partial charge in [0.1, 0.15) is 5.84 Å². The third-order valence-corrected chi connectivity index (χ3v) is 4.12. The van der Waals surface area contributed by atoms with Gasteiger partial charge < -0.3 is 5.73 Å². The zero-order valence-electron chi connectivity index (χ0n) is 15.9. The predicted octanol–water partition coefficient (Wildman–Crippen LogP) is 5.97. The molecule has 1 atom stereocenters. The van der Waals surface area contributed by atoms with Crippen molar-refractivity contribution in [1.82, 2.24) is 0 Å². The highest BCUT2D eigenvalue weighted by atomic mass is 79.9. The van der Waals surface area contributed by atoms with Gasteiger partial charge in [-0.05, 0) is 37.5 Å². The number of rotatable bonds is 10. The maximum absolute atomic E-state index is 5.99. The van der Waals surface area contributed by atoms with Crippen LogP contribution in [0.2, 0.25) is 0 Å². The minimum Gasteiger partial charge on any atom is -0.384 e. The minimum atomic E-state index is 0.299. The lowest BCUT2D eigenvalue weighted by Crippen LogP contribution is -2.13. The summed E-state index contributed by atoms with van der Waals surface area (Å²) in [6.45, 7) is 5.34. The Labute approximate surface area is 179 Å². The highest BCUT2D eigenvalue weighted by Crippen LogP contribution is 2.14. The second kappa shape index (κ2) is 14.4. The number of alkyl halides is 1. The lowest BCUT2D eigenvalue weighted by molar-refractivity contribution is 1.01. The van der Waals surface area contributed by atoms with E-state index >= 15 is 0 Å². The van der Waals surface area contributed by atoms with E-state index in [-0.39, 0.29) is 0 Å². The van der Waals surface area contributed by atoms with Crippen LogP contribution in [0, 0.1) is 0 Å². The molecule has 1 aromatic carbocycles. The number of nitrogens with two attached hydrogens (primary N) is 1. The standard InChI is InChI=1S/C22H27Br2N3/c1-18(15-21(24)16-19(2)23)22(25)27-14-10-5-3-4-9-13-26-17-20-11-7-6-8-12-20/h3-8,10-12,15-17,19H,9,13-14H2,1-2H3,(H2,25,27)/b4-3-,10-5-,18-15+,21-16+,26-17?. The summed E-state index contributed by atoms with van der Waals surface area (Å²) in [6.07, 6.45) is 14.9. The summed E-state index contributed by atoms with van der Waals surface area (Å²) in [5.74, 6) is 0.548. The van der Waals surface area contributed by atoms with Crippen molar-refractivity contribution in [2.75, 3.05) is 13.1 Å². The highest BCUT2D eigenvalue weighted by molar-refractivity contribution is 9.12. The Bertz CT molecular complexity index is 727. The normalized spacial score (nSPS) is 15.3. The van der Waals surface area contributed by atoms with Crippen molar-refractivity contribution in [3.63, 3.8) is 0 Å². The number of nitrogens with zero attached hydrogens (tertiary/aromatic N) is 2. The van der Waals surface area contributed by atoms with Crippen LogP contribution in [0.5, 0.6) is 0 Å². The molecule has 27 heavy (non-hydrogen) atoms. The van der Waals surface area contributed by atoms with E-state index in [4.69, 9.17) is 5.73 Å². The van der Waals surface area contributed by atoms with Gasteiger partial charge >= 0.3 is 0 Å². The molecule has 0 spiro atoms. The zero-order valence-corrected chi connectivity index (χ0v) is 19.0. The van der Waals surface area contributed by atoms with Gasteiger partial charge in [-0.25, -0.2) is 0 Å². The van der Waals surface area contributed by atoms with Crippen molar-refractivity contribution in [3.05, 3.63) is 82.4 Å². The zero-order chi connectivity index (χ0) is 19.9. The molecule has 0 fully saturated rings. The number of hydrogen-bond acceptors (Lipinski definition) is 2. The first-order valence-corrected chi connectivity index (χ1v) is 10.6. The molecule has 0 aliphatic carbocycles. The van der Waals surface area contributed by atoms with Gasteiger partial charge in [0.25, 0.3) is 0 Å². The van der Waals surface area contributed by atoms with Crippen molar-refractivity contribution >= 4 is 43.9 Å². The van der Waals surface area contributed by atoms with Crippen LogP contribution in [0.15, 0.2) is 86.8 Å². The van der Waals surface area contributed by atoms with Gasteiger partial charge in [-0.15, -0.1) is 0 Å². The Balaban J connectivity index is 2.31. The third-order valence-electron chi connectivity index (χ3n) is 3.36. The van der Waals surface area contributed by atoms with Crippen LogP contribution in [0.3, 0.4) is 0 Å². The van der Waals surface area contributed by atoms with E-state index in [1.807, 2.05) is 73.9 Å². The fraction of sp³-hybridized carbons (Fsp3) is 0.273. The first-order valence-electron chi connectivity index (χ1n) is 8.85. The summed E-state index contributed by atoms with van der Waals surface area (Å²) in [4.78, 5) is 9.06. The average Bonchev–Trinajstić information content (AvgIpc) is 2.63. The van der Waals surface area contributed by atoms with Gasteiger partial charge in [-0.1, -0.05) is 92.6 Å². The third kappa shape index (κ3) is 12.3. The molecule has 1 rings (SSSR count). The molecule has 0 bridgehead atoms. The first-order chi connectivity index (χ1) is 13.0. The van der Waals surface area contributed by atoms with Crippen LogP contribution >= 0.6 is 31.9 Å². The summed E-state index contributed by atoms with van der Waals surface area (Å²) in [5, 5.41) is 0. The number of amidine groups is 1. The van der Waals surface area contributed by atoms with E-state index in [1.54, 1.807) is 0 Å². The predicted molar refractivity (Wildman–Crippen MR) is 127 cm³/mol. The van der Waals surface area contributed by atoms with Crippen molar-refractivity contribution in [1.29, 1.82) is 0 Å². The Morgan fingerprint density at radius 1 is 1.19 bits per heavy atom. The number of hydrogen-bond donors (Lipinski definition) is 1. The molecule has 0 saturated heterocycles. The van der Waals surface area contributed by atoms with Crippen LogP contribution in [-0.4, -0.2) is 30.0 Å². The fourth-order valence-electron chi connectivity index (χ4n) is 2.00. The molecule has 1 aromatic rings. The summed E-state index contributed by atoms with van der Waals surface area (Å²) < 4.78 is 0.982. The topological polar surface area (TPSA) is 50.7 Å². The van der Waals surface area contributed by atoms with Crippen molar-refractivity contribution in [3.8, 4) is 0 Å². The fourth-order valence-corrected chi connectivity index (χ4v) is 3.38. The molecule has 0 aliphatic heterocycles. The molecule has 3 nitrogen and oxygen atoms in total. The number of halogens is 2. The van der Waals surface area contributed by atoms with Gasteiger partial charge in [0.2, 0.25) is 0 Å². The van der Waals surface area contributed by atoms with Gasteiger partial charge in [0.05, 0.1) is 6.54 Å². The van der Waals surface area contributed by atoms with E-state index in [0.29, 0.717) is 17.2 Å². The van der Waals surface area contributed by atoms with E-state index < -0.39 is 0 Å². The lowest BCUT2D eigenvalue weighted by atomic mass is 10.2. The molecule has 0 aromatic heterocycles. The molecule has 0 amide bonds. The Kier molecular flexibility index (Phi) is 12.4. The highest BCUT2D eigenvalue weighted by Gasteiger charge is 1.97. The largest absolute Gasteiger partial charge is 0.384 e. The van der Waals surface area contributed by atoms with Crippen LogP contribution in [0.25, 0.3) is 0 Å². The SMILES string of the molecule is C/C(=C\C(Br)=C/C(C)Br)C(N)=NC/C=C\C=C/CCN=Cc1ccccc1. The molecule has 0 radical (unpaired) electrons. The van der Waals surface area contributed by atoms with Gasteiger partial charge in [-0.3, -0.25) is 9.98 Å². The summed E-state index contributed by atoms with van der Waals surface area (Å²) in [5.41, 5.74) is 8.06. The van der Waals surface area contributed by atoms with Crippen LogP contribution in [-0.2, 0) is 0 Å². The van der Waals surface area contributed by atoms with Crippen molar-refractivity contribution in [2.24, 2.45) is 15.7 Å². The molecule has 144 valence electrons. The molecule has 2 N–H and O–H groups in total. The monoisotopic (exact) mass is 491 g/mol. The molecule has 5 heteroatoms. The molecular weight excluding hydrogens is 466 g/mol.